The smallest absolute Gasteiger partial charge is 0.165 e. The van der Waals surface area contributed by atoms with Crippen molar-refractivity contribution in [2.24, 2.45) is 0 Å². The molecule has 0 bridgehead atoms. The van der Waals surface area contributed by atoms with Crippen LogP contribution in [0.2, 0.25) is 5.02 Å². The molecular formula is C27H22ClN3O2. The Morgan fingerprint density at radius 1 is 1.18 bits per heavy atom. The number of nitrogens with one attached hydrogen (secondary N) is 1. The van der Waals surface area contributed by atoms with Gasteiger partial charge in [0.05, 0.1) is 23.7 Å². The highest BCUT2D eigenvalue weighted by atomic mass is 35.5. The number of hydrogen-bond acceptors (Lipinski definition) is 4. The van der Waals surface area contributed by atoms with Gasteiger partial charge in [-0.1, -0.05) is 41.9 Å². The Labute approximate surface area is 197 Å². The molecule has 33 heavy (non-hydrogen) atoms. The average molecular weight is 456 g/mol. The number of nitriles is 1. The van der Waals surface area contributed by atoms with Gasteiger partial charge in [0.1, 0.15) is 18.5 Å². The molecule has 5 nitrogen and oxygen atoms in total. The number of benzene rings is 3. The first-order valence-electron chi connectivity index (χ1n) is 10.4. The van der Waals surface area contributed by atoms with Crippen molar-refractivity contribution in [2.45, 2.75) is 13.0 Å². The fourth-order valence-corrected chi connectivity index (χ4v) is 3.79. The molecule has 0 fully saturated rings. The maximum absolute atomic E-state index is 9.79. The van der Waals surface area contributed by atoms with Gasteiger partial charge in [0.2, 0.25) is 0 Å². The molecule has 1 N–H and O–H groups in total. The van der Waals surface area contributed by atoms with Gasteiger partial charge in [0.25, 0.3) is 0 Å². The van der Waals surface area contributed by atoms with E-state index in [4.69, 9.17) is 21.1 Å². The monoisotopic (exact) mass is 455 g/mol. The summed E-state index contributed by atoms with van der Waals surface area (Å²) in [5.74, 6) is 1.73. The van der Waals surface area contributed by atoms with Crippen LogP contribution in [0.4, 0.5) is 0 Å². The van der Waals surface area contributed by atoms with Crippen molar-refractivity contribution in [1.82, 2.24) is 9.97 Å². The number of imidazole rings is 1. The van der Waals surface area contributed by atoms with Crippen LogP contribution in [-0.4, -0.2) is 17.1 Å². The summed E-state index contributed by atoms with van der Waals surface area (Å²) in [6.45, 7) is 4.21. The number of aromatic amines is 1. The van der Waals surface area contributed by atoms with E-state index in [1.165, 1.54) is 0 Å². The fourth-order valence-electron chi connectivity index (χ4n) is 3.57. The predicted octanol–water partition coefficient (Wildman–Crippen LogP) is 6.60. The Morgan fingerprint density at radius 3 is 2.76 bits per heavy atom. The molecule has 0 unspecified atom stereocenters. The molecule has 0 saturated heterocycles. The summed E-state index contributed by atoms with van der Waals surface area (Å²) in [7, 11) is 1.59. The van der Waals surface area contributed by atoms with Crippen molar-refractivity contribution in [2.75, 3.05) is 7.11 Å². The zero-order valence-electron chi connectivity index (χ0n) is 18.1. The van der Waals surface area contributed by atoms with E-state index in [-0.39, 0.29) is 0 Å². The number of allylic oxidation sites excluding steroid dienone is 2. The molecule has 4 aromatic rings. The Balaban J connectivity index is 1.70. The summed E-state index contributed by atoms with van der Waals surface area (Å²) in [5, 5.41) is 10.4. The van der Waals surface area contributed by atoms with E-state index < -0.39 is 0 Å². The molecule has 164 valence electrons. The minimum atomic E-state index is 0.346. The first kappa shape index (κ1) is 22.2. The van der Waals surface area contributed by atoms with Crippen molar-refractivity contribution >= 4 is 34.3 Å². The molecular weight excluding hydrogens is 434 g/mol. The lowest BCUT2D eigenvalue weighted by Crippen LogP contribution is -2.02. The molecule has 0 atom stereocenters. The van der Waals surface area contributed by atoms with Gasteiger partial charge in [-0.05, 0) is 60.0 Å². The van der Waals surface area contributed by atoms with Crippen LogP contribution >= 0.6 is 11.6 Å². The van der Waals surface area contributed by atoms with Gasteiger partial charge in [-0.25, -0.2) is 4.98 Å². The highest BCUT2D eigenvalue weighted by molar-refractivity contribution is 6.30. The third-order valence-corrected chi connectivity index (χ3v) is 5.32. The van der Waals surface area contributed by atoms with Crippen LogP contribution in [0.15, 0.2) is 73.3 Å². The van der Waals surface area contributed by atoms with Crippen LogP contribution in [0.5, 0.6) is 11.5 Å². The predicted molar refractivity (Wildman–Crippen MR) is 132 cm³/mol. The van der Waals surface area contributed by atoms with E-state index in [0.717, 1.165) is 27.7 Å². The summed E-state index contributed by atoms with van der Waals surface area (Å²) >= 11 is 6.09. The molecule has 6 heteroatoms. The van der Waals surface area contributed by atoms with E-state index in [1.807, 2.05) is 60.7 Å². The van der Waals surface area contributed by atoms with E-state index in [0.29, 0.717) is 40.9 Å². The van der Waals surface area contributed by atoms with E-state index in [9.17, 15) is 5.26 Å². The number of rotatable bonds is 8. The molecule has 0 amide bonds. The molecule has 3 aromatic carbocycles. The Hall–Kier alpha value is -4.01. The fraction of sp³-hybridized carbons (Fsp3) is 0.111. The third kappa shape index (κ3) is 5.08. The zero-order valence-corrected chi connectivity index (χ0v) is 18.9. The van der Waals surface area contributed by atoms with E-state index >= 15 is 0 Å². The van der Waals surface area contributed by atoms with Gasteiger partial charge < -0.3 is 14.5 Å². The Morgan fingerprint density at radius 2 is 2.03 bits per heavy atom. The summed E-state index contributed by atoms with van der Waals surface area (Å²) in [4.78, 5) is 7.74. The van der Waals surface area contributed by atoms with Crippen LogP contribution in [0.25, 0.3) is 22.7 Å². The minimum Gasteiger partial charge on any atom is -0.493 e. The lowest BCUT2D eigenvalue weighted by atomic mass is 10.0. The van der Waals surface area contributed by atoms with Gasteiger partial charge in [-0.3, -0.25) is 0 Å². The largest absolute Gasteiger partial charge is 0.493 e. The van der Waals surface area contributed by atoms with Gasteiger partial charge in [0, 0.05) is 10.6 Å². The summed E-state index contributed by atoms with van der Waals surface area (Å²) in [6.07, 6.45) is 4.17. The summed E-state index contributed by atoms with van der Waals surface area (Å²) < 4.78 is 11.8. The average Bonchev–Trinajstić information content (AvgIpc) is 3.26. The number of nitrogens with zero attached hydrogens (tertiary/aromatic N) is 2. The molecule has 0 radical (unpaired) electrons. The maximum Gasteiger partial charge on any atom is 0.165 e. The van der Waals surface area contributed by atoms with Crippen molar-refractivity contribution in [3.63, 3.8) is 0 Å². The van der Waals surface area contributed by atoms with Crippen LogP contribution < -0.4 is 9.47 Å². The molecule has 1 aromatic heterocycles. The number of aromatic nitrogens is 2. The van der Waals surface area contributed by atoms with E-state index in [1.54, 1.807) is 19.3 Å². The number of fused-ring (bicyclic) bond motifs is 1. The zero-order chi connectivity index (χ0) is 23.2. The second-order valence-electron chi connectivity index (χ2n) is 7.40. The number of para-hydroxylation sites is 2. The first-order chi connectivity index (χ1) is 16.1. The second-order valence-corrected chi connectivity index (χ2v) is 7.83. The van der Waals surface area contributed by atoms with E-state index in [2.05, 4.69) is 22.6 Å². The van der Waals surface area contributed by atoms with Crippen molar-refractivity contribution in [3.8, 4) is 17.6 Å². The third-order valence-electron chi connectivity index (χ3n) is 5.09. The Bertz CT molecular complexity index is 1350. The number of hydrogen-bond donors (Lipinski definition) is 1. The quantitative estimate of drug-likeness (QED) is 0.240. The minimum absolute atomic E-state index is 0.346. The second kappa shape index (κ2) is 10.1. The maximum atomic E-state index is 9.79. The standard InChI is InChI=1S/C27H22ClN3O2/c1-3-7-20-12-19(13-21(16-29)27-30-23-10-4-5-11-24(23)31-27)15-25(32-2)26(20)33-17-18-8-6-9-22(28)14-18/h3-6,8-15H,1,7,17H2,2H3,(H,30,31)/b21-13+. The topological polar surface area (TPSA) is 70.9 Å². The van der Waals surface area contributed by atoms with Crippen LogP contribution in [0.1, 0.15) is 22.5 Å². The molecule has 0 aliphatic rings. The van der Waals surface area contributed by atoms with Gasteiger partial charge in [-0.2, -0.15) is 5.26 Å². The highest BCUT2D eigenvalue weighted by Crippen LogP contribution is 2.35. The number of ether oxygens (including phenoxy) is 2. The van der Waals surface area contributed by atoms with Crippen molar-refractivity contribution in [3.05, 3.63) is 101 Å². The van der Waals surface area contributed by atoms with Gasteiger partial charge in [-0.15, -0.1) is 6.58 Å². The van der Waals surface area contributed by atoms with Crippen LogP contribution in [-0.2, 0) is 13.0 Å². The summed E-state index contributed by atoms with van der Waals surface area (Å²) in [5.41, 5.74) is 4.77. The van der Waals surface area contributed by atoms with Crippen LogP contribution in [0, 0.1) is 11.3 Å². The normalized spacial score (nSPS) is 11.2. The van der Waals surface area contributed by atoms with Crippen molar-refractivity contribution < 1.29 is 9.47 Å². The van der Waals surface area contributed by atoms with Gasteiger partial charge in [0.15, 0.2) is 11.5 Å². The highest BCUT2D eigenvalue weighted by Gasteiger charge is 2.14. The Kier molecular flexibility index (Phi) is 6.77. The molecule has 4 rings (SSSR count). The summed E-state index contributed by atoms with van der Waals surface area (Å²) in [6, 6.07) is 21.3. The SMILES string of the molecule is C=CCc1cc(/C=C(\C#N)c2nc3ccccc3[nH]2)cc(OC)c1OCc1cccc(Cl)c1. The molecule has 0 saturated carbocycles. The van der Waals surface area contributed by atoms with Crippen LogP contribution in [0.3, 0.4) is 0 Å². The molecule has 1 heterocycles. The lowest BCUT2D eigenvalue weighted by Gasteiger charge is -2.16. The lowest BCUT2D eigenvalue weighted by molar-refractivity contribution is 0.282. The molecule has 0 aliphatic carbocycles. The molecule has 0 aliphatic heterocycles. The van der Waals surface area contributed by atoms with Crippen molar-refractivity contribution in [1.29, 1.82) is 5.26 Å². The number of halogens is 1. The molecule has 0 spiro atoms. The number of H-pyrrole nitrogens is 1. The van der Waals surface area contributed by atoms with Gasteiger partial charge >= 0.3 is 0 Å². The first-order valence-corrected chi connectivity index (χ1v) is 10.7. The number of methoxy groups -OCH3 is 1.